The Morgan fingerprint density at radius 2 is 2.12 bits per heavy atom. The Kier molecular flexibility index (Phi) is 3.46. The van der Waals surface area contributed by atoms with E-state index in [1.54, 1.807) is 0 Å². The van der Waals surface area contributed by atoms with Gasteiger partial charge in [0.05, 0.1) is 6.61 Å². The third-order valence-electron chi connectivity index (χ3n) is 2.12. The molecular weight excluding hydrogens is 220 g/mol. The van der Waals surface area contributed by atoms with Crippen LogP contribution < -0.4 is 5.32 Å². The summed E-state index contributed by atoms with van der Waals surface area (Å²) in [5, 5.41) is 15.1. The fraction of sp³-hybridized carbons (Fsp3) is 0.182. The predicted octanol–water partition coefficient (Wildman–Crippen LogP) is 0.495. The molecule has 0 saturated carbocycles. The number of benzene rings is 1. The number of aliphatic hydroxyl groups is 1. The van der Waals surface area contributed by atoms with Gasteiger partial charge in [0.2, 0.25) is 0 Å². The third kappa shape index (κ3) is 2.67. The summed E-state index contributed by atoms with van der Waals surface area (Å²) in [5.74, 6) is 0.491. The lowest BCUT2D eigenvalue weighted by atomic mass is 10.2. The summed E-state index contributed by atoms with van der Waals surface area (Å²) in [6.07, 6.45) is 1.34. The van der Waals surface area contributed by atoms with Crippen LogP contribution in [0.4, 0.5) is 4.79 Å². The normalized spacial score (nSPS) is 10.2. The van der Waals surface area contributed by atoms with Gasteiger partial charge in [0.25, 0.3) is 0 Å². The molecule has 0 saturated heterocycles. The third-order valence-corrected chi connectivity index (χ3v) is 2.12. The molecule has 2 N–H and O–H groups in total. The summed E-state index contributed by atoms with van der Waals surface area (Å²) in [6, 6.07) is 8.98. The highest BCUT2D eigenvalue weighted by atomic mass is 16.3. The van der Waals surface area contributed by atoms with E-state index in [4.69, 9.17) is 5.11 Å². The van der Waals surface area contributed by atoms with Gasteiger partial charge in [-0.2, -0.15) is 4.68 Å². The van der Waals surface area contributed by atoms with E-state index in [1.165, 1.54) is 6.33 Å². The molecule has 1 aromatic carbocycles. The minimum atomic E-state index is -0.409. The van der Waals surface area contributed by atoms with Crippen molar-refractivity contribution in [2.45, 2.75) is 0 Å². The van der Waals surface area contributed by atoms with Crippen molar-refractivity contribution in [2.24, 2.45) is 0 Å². The van der Waals surface area contributed by atoms with E-state index in [0.29, 0.717) is 5.82 Å². The zero-order chi connectivity index (χ0) is 12.1. The molecule has 6 nitrogen and oxygen atoms in total. The van der Waals surface area contributed by atoms with Crippen LogP contribution in [-0.4, -0.2) is 39.1 Å². The van der Waals surface area contributed by atoms with E-state index in [1.807, 2.05) is 30.3 Å². The van der Waals surface area contributed by atoms with Crippen molar-refractivity contribution < 1.29 is 9.90 Å². The first-order valence-corrected chi connectivity index (χ1v) is 5.17. The number of nitrogens with one attached hydrogen (secondary N) is 1. The van der Waals surface area contributed by atoms with E-state index in [9.17, 15) is 4.79 Å². The summed E-state index contributed by atoms with van der Waals surface area (Å²) in [4.78, 5) is 15.5. The van der Waals surface area contributed by atoms with Gasteiger partial charge >= 0.3 is 6.03 Å². The fourth-order valence-corrected chi connectivity index (χ4v) is 1.32. The maximum atomic E-state index is 11.5. The van der Waals surface area contributed by atoms with Gasteiger partial charge in [0, 0.05) is 12.1 Å². The minimum absolute atomic E-state index is 0.105. The molecule has 0 aliphatic carbocycles. The highest BCUT2D eigenvalue weighted by Crippen LogP contribution is 2.12. The highest BCUT2D eigenvalue weighted by molar-refractivity contribution is 5.75. The Balaban J connectivity index is 2.14. The van der Waals surface area contributed by atoms with Crippen LogP contribution in [0.15, 0.2) is 36.7 Å². The van der Waals surface area contributed by atoms with Gasteiger partial charge < -0.3 is 10.4 Å². The molecule has 1 heterocycles. The lowest BCUT2D eigenvalue weighted by Gasteiger charge is -2.00. The van der Waals surface area contributed by atoms with E-state index >= 15 is 0 Å². The quantitative estimate of drug-likeness (QED) is 0.807. The van der Waals surface area contributed by atoms with Crippen LogP contribution in [0.5, 0.6) is 0 Å². The summed E-state index contributed by atoms with van der Waals surface area (Å²) in [7, 11) is 0. The molecule has 0 atom stereocenters. The van der Waals surface area contributed by atoms with Crippen molar-refractivity contribution in [3.63, 3.8) is 0 Å². The molecule has 0 unspecified atom stereocenters. The second-order valence-corrected chi connectivity index (χ2v) is 3.33. The van der Waals surface area contributed by atoms with Gasteiger partial charge in [-0.3, -0.25) is 0 Å². The largest absolute Gasteiger partial charge is 0.395 e. The number of amides is 1. The van der Waals surface area contributed by atoms with Crippen molar-refractivity contribution in [3.8, 4) is 11.4 Å². The first-order chi connectivity index (χ1) is 8.31. The number of nitrogens with zero attached hydrogens (tertiary/aromatic N) is 3. The van der Waals surface area contributed by atoms with Gasteiger partial charge in [-0.15, -0.1) is 5.10 Å². The molecule has 0 spiro atoms. The van der Waals surface area contributed by atoms with Gasteiger partial charge in [-0.1, -0.05) is 30.3 Å². The number of carbonyl (C=O) groups is 1. The van der Waals surface area contributed by atoms with E-state index < -0.39 is 6.03 Å². The van der Waals surface area contributed by atoms with Gasteiger partial charge in [0.1, 0.15) is 6.33 Å². The second-order valence-electron chi connectivity index (χ2n) is 3.33. The van der Waals surface area contributed by atoms with Crippen molar-refractivity contribution in [1.82, 2.24) is 20.1 Å². The maximum Gasteiger partial charge on any atom is 0.343 e. The summed E-state index contributed by atoms with van der Waals surface area (Å²) >= 11 is 0. The van der Waals surface area contributed by atoms with Crippen LogP contribution in [0.3, 0.4) is 0 Å². The molecular formula is C11H12N4O2. The molecule has 0 radical (unpaired) electrons. The van der Waals surface area contributed by atoms with Gasteiger partial charge in [0.15, 0.2) is 5.82 Å². The van der Waals surface area contributed by atoms with Crippen molar-refractivity contribution in [3.05, 3.63) is 36.7 Å². The smallest absolute Gasteiger partial charge is 0.343 e. The van der Waals surface area contributed by atoms with Crippen LogP contribution in [0.1, 0.15) is 0 Å². The van der Waals surface area contributed by atoms with Crippen LogP contribution in [0.25, 0.3) is 11.4 Å². The van der Waals surface area contributed by atoms with E-state index in [-0.39, 0.29) is 13.2 Å². The number of rotatable bonds is 3. The first kappa shape index (κ1) is 11.3. The average molecular weight is 232 g/mol. The molecule has 1 amide bonds. The molecule has 1 aromatic heterocycles. The lowest BCUT2D eigenvalue weighted by Crippen LogP contribution is -2.31. The van der Waals surface area contributed by atoms with E-state index in [2.05, 4.69) is 15.4 Å². The Bertz CT molecular complexity index is 495. The summed E-state index contributed by atoms with van der Waals surface area (Å²) < 4.78 is 1.11. The van der Waals surface area contributed by atoms with Crippen molar-refractivity contribution in [1.29, 1.82) is 0 Å². The number of carbonyl (C=O) groups excluding carboxylic acids is 1. The minimum Gasteiger partial charge on any atom is -0.395 e. The molecule has 0 aliphatic rings. The Morgan fingerprint density at radius 1 is 1.35 bits per heavy atom. The molecule has 6 heteroatoms. The average Bonchev–Trinajstić information content (AvgIpc) is 2.86. The van der Waals surface area contributed by atoms with Gasteiger partial charge in [-0.25, -0.2) is 9.78 Å². The molecule has 2 aromatic rings. The van der Waals surface area contributed by atoms with Crippen LogP contribution in [-0.2, 0) is 0 Å². The Hall–Kier alpha value is -2.21. The SMILES string of the molecule is O=C(NCCO)n1cnc(-c2ccccc2)n1. The standard InChI is InChI=1S/C11H12N4O2/c16-7-6-12-11(17)15-8-13-10(14-15)9-4-2-1-3-5-9/h1-5,8,16H,6-7H2,(H,12,17). The molecule has 88 valence electrons. The maximum absolute atomic E-state index is 11.5. The fourth-order valence-electron chi connectivity index (χ4n) is 1.32. The van der Waals surface area contributed by atoms with E-state index in [0.717, 1.165) is 10.2 Å². The van der Waals surface area contributed by atoms with Crippen molar-refractivity contribution in [2.75, 3.05) is 13.2 Å². The zero-order valence-electron chi connectivity index (χ0n) is 9.08. The second kappa shape index (κ2) is 5.22. The highest BCUT2D eigenvalue weighted by Gasteiger charge is 2.08. The van der Waals surface area contributed by atoms with Crippen LogP contribution in [0, 0.1) is 0 Å². The van der Waals surface area contributed by atoms with Crippen molar-refractivity contribution >= 4 is 6.03 Å². The molecule has 17 heavy (non-hydrogen) atoms. The number of aliphatic hydroxyl groups excluding tert-OH is 1. The van der Waals surface area contributed by atoms with Crippen LogP contribution >= 0.6 is 0 Å². The first-order valence-electron chi connectivity index (χ1n) is 5.17. The lowest BCUT2D eigenvalue weighted by molar-refractivity contribution is 0.233. The summed E-state index contributed by atoms with van der Waals surface area (Å²) in [5.41, 5.74) is 0.848. The van der Waals surface area contributed by atoms with Crippen LogP contribution in [0.2, 0.25) is 0 Å². The number of hydrogen-bond acceptors (Lipinski definition) is 4. The topological polar surface area (TPSA) is 80.0 Å². The molecule has 2 rings (SSSR count). The molecule has 0 aliphatic heterocycles. The number of hydrogen-bond donors (Lipinski definition) is 2. The van der Waals surface area contributed by atoms with Gasteiger partial charge in [-0.05, 0) is 0 Å². The monoisotopic (exact) mass is 232 g/mol. The summed E-state index contributed by atoms with van der Waals surface area (Å²) in [6.45, 7) is 0.0886. The number of aromatic nitrogens is 3. The Labute approximate surface area is 97.9 Å². The Morgan fingerprint density at radius 3 is 2.82 bits per heavy atom. The molecule has 0 fully saturated rings. The zero-order valence-corrected chi connectivity index (χ0v) is 9.08. The predicted molar refractivity (Wildman–Crippen MR) is 61.3 cm³/mol. The molecule has 0 bridgehead atoms.